The SMILES string of the molecule is COC(=O)CC1(CSCC(=O)OC(C)C)CC1. The number of ether oxygens (including phenoxy) is 2. The van der Waals surface area contributed by atoms with Gasteiger partial charge in [-0.15, -0.1) is 11.8 Å². The predicted molar refractivity (Wildman–Crippen MR) is 66.9 cm³/mol. The van der Waals surface area contributed by atoms with Gasteiger partial charge in [-0.1, -0.05) is 0 Å². The number of carbonyl (C=O) groups excluding carboxylic acids is 2. The van der Waals surface area contributed by atoms with Crippen LogP contribution in [0.1, 0.15) is 33.1 Å². The Labute approximate surface area is 106 Å². The van der Waals surface area contributed by atoms with Crippen LogP contribution >= 0.6 is 11.8 Å². The average molecular weight is 260 g/mol. The lowest BCUT2D eigenvalue weighted by Gasteiger charge is -2.13. The van der Waals surface area contributed by atoms with E-state index in [1.807, 2.05) is 13.8 Å². The minimum atomic E-state index is -0.182. The second kappa shape index (κ2) is 6.28. The highest BCUT2D eigenvalue weighted by Gasteiger charge is 2.44. The van der Waals surface area contributed by atoms with Crippen LogP contribution < -0.4 is 0 Å². The first-order valence-corrected chi connectivity index (χ1v) is 6.97. The zero-order valence-corrected chi connectivity index (χ0v) is 11.5. The highest BCUT2D eigenvalue weighted by molar-refractivity contribution is 7.99. The second-order valence-corrected chi connectivity index (χ2v) is 5.77. The van der Waals surface area contributed by atoms with Gasteiger partial charge in [-0.2, -0.15) is 0 Å². The van der Waals surface area contributed by atoms with Crippen molar-refractivity contribution < 1.29 is 19.1 Å². The van der Waals surface area contributed by atoms with Gasteiger partial charge in [0.2, 0.25) is 0 Å². The van der Waals surface area contributed by atoms with Gasteiger partial charge in [0.25, 0.3) is 0 Å². The Balaban J connectivity index is 2.18. The van der Waals surface area contributed by atoms with Gasteiger partial charge in [0, 0.05) is 5.75 Å². The number of hydrogen-bond acceptors (Lipinski definition) is 5. The maximum absolute atomic E-state index is 11.3. The smallest absolute Gasteiger partial charge is 0.316 e. The summed E-state index contributed by atoms with van der Waals surface area (Å²) in [6, 6.07) is 0. The molecule has 0 atom stereocenters. The van der Waals surface area contributed by atoms with Crippen LogP contribution in [-0.2, 0) is 19.1 Å². The molecule has 4 nitrogen and oxygen atoms in total. The summed E-state index contributed by atoms with van der Waals surface area (Å²) >= 11 is 1.54. The third-order valence-corrected chi connectivity index (χ3v) is 3.96. The summed E-state index contributed by atoms with van der Waals surface area (Å²) in [6.45, 7) is 3.67. The summed E-state index contributed by atoms with van der Waals surface area (Å²) in [7, 11) is 1.41. The fraction of sp³-hybridized carbons (Fsp3) is 0.833. The third kappa shape index (κ3) is 5.44. The zero-order valence-electron chi connectivity index (χ0n) is 10.7. The molecule has 0 aromatic rings. The fourth-order valence-electron chi connectivity index (χ4n) is 1.58. The minimum Gasteiger partial charge on any atom is -0.469 e. The average Bonchev–Trinajstić information content (AvgIpc) is 2.96. The molecule has 0 spiro atoms. The van der Waals surface area contributed by atoms with E-state index in [1.54, 1.807) is 11.8 Å². The Hall–Kier alpha value is -0.710. The number of carbonyl (C=O) groups is 2. The predicted octanol–water partition coefficient (Wildman–Crippen LogP) is 2.01. The Bertz CT molecular complexity index is 284. The maximum atomic E-state index is 11.3. The van der Waals surface area contributed by atoms with E-state index in [4.69, 9.17) is 4.74 Å². The highest BCUT2D eigenvalue weighted by Crippen LogP contribution is 2.51. The van der Waals surface area contributed by atoms with E-state index in [-0.39, 0.29) is 23.5 Å². The number of methoxy groups -OCH3 is 1. The number of esters is 2. The maximum Gasteiger partial charge on any atom is 0.316 e. The van der Waals surface area contributed by atoms with Crippen molar-refractivity contribution in [2.45, 2.75) is 39.2 Å². The van der Waals surface area contributed by atoms with Crippen molar-refractivity contribution >= 4 is 23.7 Å². The molecule has 0 aliphatic heterocycles. The number of hydrogen-bond donors (Lipinski definition) is 0. The molecule has 5 heteroatoms. The largest absolute Gasteiger partial charge is 0.469 e. The van der Waals surface area contributed by atoms with Crippen molar-refractivity contribution in [2.75, 3.05) is 18.6 Å². The van der Waals surface area contributed by atoms with Crippen molar-refractivity contribution in [3.8, 4) is 0 Å². The molecule has 1 rings (SSSR count). The summed E-state index contributed by atoms with van der Waals surface area (Å²) in [5.41, 5.74) is 0.0792. The molecule has 1 saturated carbocycles. The summed E-state index contributed by atoms with van der Waals surface area (Å²) < 4.78 is 9.70. The van der Waals surface area contributed by atoms with E-state index in [2.05, 4.69) is 4.74 Å². The monoisotopic (exact) mass is 260 g/mol. The molecule has 0 unspecified atom stereocenters. The van der Waals surface area contributed by atoms with Crippen LogP contribution in [0.15, 0.2) is 0 Å². The van der Waals surface area contributed by atoms with Crippen LogP contribution in [0.3, 0.4) is 0 Å². The van der Waals surface area contributed by atoms with Crippen LogP contribution in [-0.4, -0.2) is 36.7 Å². The van der Waals surface area contributed by atoms with Gasteiger partial charge in [0.1, 0.15) is 0 Å². The summed E-state index contributed by atoms with van der Waals surface area (Å²) in [4.78, 5) is 22.5. The Morgan fingerprint density at radius 1 is 1.29 bits per heavy atom. The first-order valence-electron chi connectivity index (χ1n) is 5.81. The van der Waals surface area contributed by atoms with Gasteiger partial charge in [0.15, 0.2) is 0 Å². The topological polar surface area (TPSA) is 52.6 Å². The standard InChI is InChI=1S/C12H20O4S/c1-9(2)16-11(14)7-17-8-12(4-5-12)6-10(13)15-3/h9H,4-8H2,1-3H3. The van der Waals surface area contributed by atoms with E-state index < -0.39 is 0 Å². The molecule has 0 saturated heterocycles. The van der Waals surface area contributed by atoms with Crippen LogP contribution in [0.5, 0.6) is 0 Å². The lowest BCUT2D eigenvalue weighted by atomic mass is 10.1. The highest BCUT2D eigenvalue weighted by atomic mass is 32.2. The number of rotatable bonds is 7. The van der Waals surface area contributed by atoms with E-state index in [0.29, 0.717) is 12.2 Å². The van der Waals surface area contributed by atoms with Gasteiger partial charge in [-0.05, 0) is 32.1 Å². The molecular formula is C12H20O4S. The van der Waals surface area contributed by atoms with Gasteiger partial charge < -0.3 is 9.47 Å². The molecule has 0 aromatic carbocycles. The fourth-order valence-corrected chi connectivity index (χ4v) is 2.74. The van der Waals surface area contributed by atoms with Crippen molar-refractivity contribution in [3.05, 3.63) is 0 Å². The van der Waals surface area contributed by atoms with E-state index in [9.17, 15) is 9.59 Å². The molecule has 0 aromatic heterocycles. The van der Waals surface area contributed by atoms with Crippen LogP contribution in [0.2, 0.25) is 0 Å². The van der Waals surface area contributed by atoms with Crippen molar-refractivity contribution in [1.29, 1.82) is 0 Å². The zero-order chi connectivity index (χ0) is 12.9. The minimum absolute atomic E-state index is 0.0620. The lowest BCUT2D eigenvalue weighted by molar-refractivity contribution is -0.144. The van der Waals surface area contributed by atoms with Crippen LogP contribution in [0, 0.1) is 5.41 Å². The molecular weight excluding hydrogens is 240 g/mol. The third-order valence-electron chi connectivity index (χ3n) is 2.70. The Morgan fingerprint density at radius 3 is 2.41 bits per heavy atom. The van der Waals surface area contributed by atoms with Crippen molar-refractivity contribution in [1.82, 2.24) is 0 Å². The van der Waals surface area contributed by atoms with E-state index in [0.717, 1.165) is 18.6 Å². The molecule has 0 amide bonds. The molecule has 1 fully saturated rings. The van der Waals surface area contributed by atoms with Crippen LogP contribution in [0.4, 0.5) is 0 Å². The van der Waals surface area contributed by atoms with Crippen LogP contribution in [0.25, 0.3) is 0 Å². The molecule has 17 heavy (non-hydrogen) atoms. The molecule has 0 bridgehead atoms. The van der Waals surface area contributed by atoms with Gasteiger partial charge in [-0.3, -0.25) is 9.59 Å². The summed E-state index contributed by atoms with van der Waals surface area (Å²) in [5.74, 6) is 0.850. The van der Waals surface area contributed by atoms with E-state index in [1.165, 1.54) is 7.11 Å². The molecule has 98 valence electrons. The van der Waals surface area contributed by atoms with Gasteiger partial charge in [0.05, 0.1) is 25.4 Å². The molecule has 1 aliphatic rings. The van der Waals surface area contributed by atoms with Crippen molar-refractivity contribution in [3.63, 3.8) is 0 Å². The number of thioether (sulfide) groups is 1. The quantitative estimate of drug-likeness (QED) is 0.655. The lowest BCUT2D eigenvalue weighted by Crippen LogP contribution is -2.16. The molecule has 0 radical (unpaired) electrons. The van der Waals surface area contributed by atoms with E-state index >= 15 is 0 Å². The van der Waals surface area contributed by atoms with Gasteiger partial charge in [-0.25, -0.2) is 0 Å². The first kappa shape index (κ1) is 14.4. The Kier molecular flexibility index (Phi) is 5.31. The summed E-state index contributed by atoms with van der Waals surface area (Å²) in [5, 5.41) is 0. The van der Waals surface area contributed by atoms with Crippen molar-refractivity contribution in [2.24, 2.45) is 5.41 Å². The normalized spacial score (nSPS) is 16.7. The summed E-state index contributed by atoms with van der Waals surface area (Å²) in [6.07, 6.45) is 2.51. The molecule has 0 N–H and O–H groups in total. The second-order valence-electron chi connectivity index (χ2n) is 4.78. The van der Waals surface area contributed by atoms with Gasteiger partial charge >= 0.3 is 11.9 Å². The molecule has 1 aliphatic carbocycles. The Morgan fingerprint density at radius 2 is 1.94 bits per heavy atom. The first-order chi connectivity index (χ1) is 7.97. The molecule has 0 heterocycles.